The van der Waals surface area contributed by atoms with Crippen LogP contribution in [0.3, 0.4) is 0 Å². The van der Waals surface area contributed by atoms with Gasteiger partial charge in [0.1, 0.15) is 13.2 Å². The highest BCUT2D eigenvalue weighted by atomic mass is 19.4. The summed E-state index contributed by atoms with van der Waals surface area (Å²) in [7, 11) is 0. The van der Waals surface area contributed by atoms with Gasteiger partial charge in [0.15, 0.2) is 18.1 Å². The Hall–Kier alpha value is -2.97. The number of carbonyl (C=O) groups excluding carboxylic acids is 1. The molecule has 0 fully saturated rings. The molecule has 1 amide bonds. The number of hydrogen-bond acceptors (Lipinski definition) is 5. The van der Waals surface area contributed by atoms with E-state index in [-0.39, 0.29) is 17.4 Å². The van der Waals surface area contributed by atoms with Gasteiger partial charge < -0.3 is 19.5 Å². The molecule has 6 nitrogen and oxygen atoms in total. The van der Waals surface area contributed by atoms with Gasteiger partial charge in [0.05, 0.1) is 5.56 Å². The molecule has 1 aliphatic rings. The summed E-state index contributed by atoms with van der Waals surface area (Å²) in [6, 6.07) is 8.18. The number of pyridine rings is 1. The number of aromatic nitrogens is 1. The Morgan fingerprint density at radius 3 is 2.63 bits per heavy atom. The summed E-state index contributed by atoms with van der Waals surface area (Å²) in [4.78, 5) is 15.8. The summed E-state index contributed by atoms with van der Waals surface area (Å²) in [5.41, 5.74) is 1.21. The van der Waals surface area contributed by atoms with Gasteiger partial charge in [-0.2, -0.15) is 13.2 Å². The van der Waals surface area contributed by atoms with E-state index in [9.17, 15) is 18.0 Å². The number of nitrogens with one attached hydrogen (secondary N) is 1. The Morgan fingerprint density at radius 2 is 1.93 bits per heavy atom. The first-order valence-electron chi connectivity index (χ1n) is 8.23. The molecule has 0 saturated carbocycles. The largest absolute Gasteiger partial charge is 0.486 e. The number of hydrogen-bond donors (Lipinski definition) is 1. The maximum Gasteiger partial charge on any atom is 0.422 e. The molecule has 27 heavy (non-hydrogen) atoms. The molecule has 1 aromatic heterocycles. The first-order chi connectivity index (χ1) is 12.9. The Bertz CT molecular complexity index is 794. The van der Waals surface area contributed by atoms with Crippen molar-refractivity contribution in [2.24, 2.45) is 0 Å². The zero-order valence-corrected chi connectivity index (χ0v) is 14.2. The van der Waals surface area contributed by atoms with Gasteiger partial charge in [-0.15, -0.1) is 0 Å². The van der Waals surface area contributed by atoms with E-state index in [0.717, 1.165) is 5.56 Å². The monoisotopic (exact) mass is 382 g/mol. The van der Waals surface area contributed by atoms with Crippen LogP contribution in [0.5, 0.6) is 17.4 Å². The average Bonchev–Trinajstić information content (AvgIpc) is 2.66. The fourth-order valence-corrected chi connectivity index (χ4v) is 2.42. The van der Waals surface area contributed by atoms with Crippen molar-refractivity contribution >= 4 is 5.91 Å². The minimum absolute atomic E-state index is 0.194. The van der Waals surface area contributed by atoms with Crippen LogP contribution in [0.2, 0.25) is 0 Å². The first kappa shape index (κ1) is 18.8. The molecular weight excluding hydrogens is 365 g/mol. The van der Waals surface area contributed by atoms with Crippen molar-refractivity contribution in [3.63, 3.8) is 0 Å². The van der Waals surface area contributed by atoms with Crippen molar-refractivity contribution in [3.05, 3.63) is 47.7 Å². The third-order valence-electron chi connectivity index (χ3n) is 3.69. The van der Waals surface area contributed by atoms with Crippen molar-refractivity contribution in [2.45, 2.75) is 12.6 Å². The third-order valence-corrected chi connectivity index (χ3v) is 3.69. The van der Waals surface area contributed by atoms with E-state index in [0.29, 0.717) is 37.7 Å². The summed E-state index contributed by atoms with van der Waals surface area (Å²) in [6.45, 7) is -0.0226. The molecule has 3 rings (SSSR count). The standard InChI is InChI=1S/C18H17F3N2O4/c19-18(20,21)11-27-16-4-2-13(10-23-16)17(24)22-6-5-12-1-3-14-15(9-12)26-8-7-25-14/h1-4,9-10H,5-8,11H2,(H,22,24). The molecule has 144 valence electrons. The summed E-state index contributed by atoms with van der Waals surface area (Å²) < 4.78 is 51.7. The first-order valence-corrected chi connectivity index (χ1v) is 8.23. The van der Waals surface area contributed by atoms with Crippen LogP contribution in [0.1, 0.15) is 15.9 Å². The Morgan fingerprint density at radius 1 is 1.15 bits per heavy atom. The number of ether oxygens (including phenoxy) is 3. The average molecular weight is 382 g/mol. The molecule has 0 atom stereocenters. The molecule has 1 aromatic carbocycles. The fourth-order valence-electron chi connectivity index (χ4n) is 2.42. The van der Waals surface area contributed by atoms with E-state index in [1.807, 2.05) is 18.2 Å². The summed E-state index contributed by atoms with van der Waals surface area (Å²) in [5.74, 6) is 0.819. The van der Waals surface area contributed by atoms with E-state index in [4.69, 9.17) is 9.47 Å². The lowest BCUT2D eigenvalue weighted by Crippen LogP contribution is -2.26. The topological polar surface area (TPSA) is 69.7 Å². The van der Waals surface area contributed by atoms with E-state index in [1.54, 1.807) is 0 Å². The minimum atomic E-state index is -4.44. The van der Waals surface area contributed by atoms with Gasteiger partial charge in [-0.05, 0) is 30.2 Å². The maximum absolute atomic E-state index is 12.1. The smallest absolute Gasteiger partial charge is 0.422 e. The molecule has 1 aliphatic heterocycles. The number of benzene rings is 1. The van der Waals surface area contributed by atoms with Crippen LogP contribution >= 0.6 is 0 Å². The number of nitrogens with zero attached hydrogens (tertiary/aromatic N) is 1. The van der Waals surface area contributed by atoms with E-state index < -0.39 is 12.8 Å². The van der Waals surface area contributed by atoms with E-state index in [1.165, 1.54) is 18.3 Å². The highest BCUT2D eigenvalue weighted by Gasteiger charge is 2.28. The van der Waals surface area contributed by atoms with E-state index >= 15 is 0 Å². The van der Waals surface area contributed by atoms with Crippen molar-refractivity contribution in [2.75, 3.05) is 26.4 Å². The van der Waals surface area contributed by atoms with Crippen molar-refractivity contribution < 1.29 is 32.2 Å². The summed E-state index contributed by atoms with van der Waals surface area (Å²) in [5, 5.41) is 2.73. The van der Waals surface area contributed by atoms with Crippen LogP contribution < -0.4 is 19.5 Å². The summed E-state index contributed by atoms with van der Waals surface area (Å²) >= 11 is 0. The lowest BCUT2D eigenvalue weighted by atomic mass is 10.1. The van der Waals surface area contributed by atoms with Crippen molar-refractivity contribution in [1.29, 1.82) is 0 Å². The number of alkyl halides is 3. The second kappa shape index (κ2) is 8.15. The Balaban J connectivity index is 1.48. The molecule has 2 heterocycles. The predicted octanol–water partition coefficient (Wildman–Crippen LogP) is 2.77. The number of fused-ring (bicyclic) bond motifs is 1. The van der Waals surface area contributed by atoms with Gasteiger partial charge in [-0.3, -0.25) is 4.79 Å². The number of carbonyl (C=O) groups is 1. The molecule has 9 heteroatoms. The molecule has 1 N–H and O–H groups in total. The van der Waals surface area contributed by atoms with Crippen LogP contribution in [0, 0.1) is 0 Å². The van der Waals surface area contributed by atoms with Gasteiger partial charge in [-0.25, -0.2) is 4.98 Å². The van der Waals surface area contributed by atoms with Gasteiger partial charge in [0.2, 0.25) is 5.88 Å². The molecule has 2 aromatic rings. The fraction of sp³-hybridized carbons (Fsp3) is 0.333. The zero-order chi connectivity index (χ0) is 19.3. The van der Waals surface area contributed by atoms with Crippen LogP contribution in [-0.2, 0) is 6.42 Å². The molecular formula is C18H17F3N2O4. The summed E-state index contributed by atoms with van der Waals surface area (Å²) in [6.07, 6.45) is -2.68. The number of amides is 1. The highest BCUT2D eigenvalue weighted by Crippen LogP contribution is 2.30. The molecule has 0 aliphatic carbocycles. The highest BCUT2D eigenvalue weighted by molar-refractivity contribution is 5.93. The van der Waals surface area contributed by atoms with Gasteiger partial charge in [0, 0.05) is 18.8 Å². The van der Waals surface area contributed by atoms with Crippen LogP contribution in [0.15, 0.2) is 36.5 Å². The molecule has 0 unspecified atom stereocenters. The number of halogens is 3. The normalized spacial score (nSPS) is 13.1. The third kappa shape index (κ3) is 5.50. The Kier molecular flexibility index (Phi) is 5.68. The number of rotatable bonds is 6. The Labute approximate surface area is 153 Å². The lowest BCUT2D eigenvalue weighted by Gasteiger charge is -2.18. The molecule has 0 bridgehead atoms. The lowest BCUT2D eigenvalue weighted by molar-refractivity contribution is -0.154. The second-order valence-corrected chi connectivity index (χ2v) is 5.77. The maximum atomic E-state index is 12.1. The predicted molar refractivity (Wildman–Crippen MR) is 89.3 cm³/mol. The van der Waals surface area contributed by atoms with E-state index in [2.05, 4.69) is 15.0 Å². The van der Waals surface area contributed by atoms with Crippen LogP contribution in [-0.4, -0.2) is 43.4 Å². The quantitative estimate of drug-likeness (QED) is 0.832. The van der Waals surface area contributed by atoms with Crippen LogP contribution in [0.4, 0.5) is 13.2 Å². The van der Waals surface area contributed by atoms with Gasteiger partial charge >= 0.3 is 6.18 Å². The molecule has 0 spiro atoms. The van der Waals surface area contributed by atoms with Crippen molar-refractivity contribution in [3.8, 4) is 17.4 Å². The second-order valence-electron chi connectivity index (χ2n) is 5.77. The molecule has 0 saturated heterocycles. The van der Waals surface area contributed by atoms with Crippen LogP contribution in [0.25, 0.3) is 0 Å². The molecule has 0 radical (unpaired) electrons. The SMILES string of the molecule is O=C(NCCc1ccc2c(c1)OCCO2)c1ccc(OCC(F)(F)F)nc1. The minimum Gasteiger partial charge on any atom is -0.486 e. The van der Waals surface area contributed by atoms with Gasteiger partial charge in [-0.1, -0.05) is 6.07 Å². The zero-order valence-electron chi connectivity index (χ0n) is 14.2. The van der Waals surface area contributed by atoms with Gasteiger partial charge in [0.25, 0.3) is 5.91 Å². The van der Waals surface area contributed by atoms with Crippen molar-refractivity contribution in [1.82, 2.24) is 10.3 Å².